The van der Waals surface area contributed by atoms with Crippen LogP contribution in [0.25, 0.3) is 0 Å². The van der Waals surface area contributed by atoms with E-state index >= 15 is 0 Å². The van der Waals surface area contributed by atoms with E-state index in [0.717, 1.165) is 5.57 Å². The summed E-state index contributed by atoms with van der Waals surface area (Å²) < 4.78 is 27.5. The molecule has 0 rings (SSSR count). The van der Waals surface area contributed by atoms with Crippen molar-refractivity contribution in [2.45, 2.75) is 20.5 Å². The molecule has 0 bridgehead atoms. The Balaban J connectivity index is 4.11. The van der Waals surface area contributed by atoms with Gasteiger partial charge in [0.2, 0.25) is 0 Å². The fourth-order valence-corrected chi connectivity index (χ4v) is 0.531. The monoisotopic (exact) mass is 174 g/mol. The highest BCUT2D eigenvalue weighted by Gasteiger charge is 2.02. The van der Waals surface area contributed by atoms with Crippen LogP contribution in [0.4, 0.5) is 8.78 Å². The molecule has 0 unspecified atom stereocenters. The second-order valence-electron chi connectivity index (χ2n) is 2.25. The lowest BCUT2D eigenvalue weighted by Crippen LogP contribution is -1.96. The van der Waals surface area contributed by atoms with E-state index in [1.165, 1.54) is 12.2 Å². The second kappa shape index (κ2) is 5.52. The molecule has 0 aliphatic carbocycles. The van der Waals surface area contributed by atoms with E-state index in [0.29, 0.717) is 0 Å². The van der Waals surface area contributed by atoms with Crippen LogP contribution in [-0.2, 0) is 4.74 Å². The predicted molar refractivity (Wildman–Crippen MR) is 44.8 cm³/mol. The maximum absolute atomic E-state index is 11.7. The van der Waals surface area contributed by atoms with Gasteiger partial charge >= 0.3 is 6.61 Å². The Morgan fingerprint density at radius 2 is 2.00 bits per heavy atom. The van der Waals surface area contributed by atoms with Crippen molar-refractivity contribution in [1.82, 2.24) is 0 Å². The first-order valence-electron chi connectivity index (χ1n) is 3.51. The van der Waals surface area contributed by atoms with E-state index < -0.39 is 6.61 Å². The molecule has 0 N–H and O–H groups in total. The van der Waals surface area contributed by atoms with Crippen molar-refractivity contribution in [3.8, 4) is 0 Å². The molecule has 0 aliphatic heterocycles. The van der Waals surface area contributed by atoms with E-state index in [9.17, 15) is 8.78 Å². The number of alkyl halides is 2. The Morgan fingerprint density at radius 3 is 2.33 bits per heavy atom. The lowest BCUT2D eigenvalue weighted by atomic mass is 10.3. The number of hydrogen-bond acceptors (Lipinski definition) is 1. The molecular formula is C9H12F2O. The summed E-state index contributed by atoms with van der Waals surface area (Å²) in [5, 5.41) is 0. The molecule has 0 aromatic rings. The Hall–Kier alpha value is -1.12. The van der Waals surface area contributed by atoms with Gasteiger partial charge in [-0.05, 0) is 26.0 Å². The van der Waals surface area contributed by atoms with Gasteiger partial charge in [-0.1, -0.05) is 18.2 Å². The van der Waals surface area contributed by atoms with Crippen LogP contribution in [0.15, 0.2) is 36.1 Å². The smallest absolute Gasteiger partial charge is 0.387 e. The summed E-state index contributed by atoms with van der Waals surface area (Å²) in [7, 11) is 0. The first-order valence-corrected chi connectivity index (χ1v) is 3.51. The minimum absolute atomic E-state index is 0.146. The predicted octanol–water partition coefficient (Wildman–Crippen LogP) is 3.26. The second-order valence-corrected chi connectivity index (χ2v) is 2.25. The Bertz CT molecular complexity index is 205. The molecule has 12 heavy (non-hydrogen) atoms. The van der Waals surface area contributed by atoms with Gasteiger partial charge in [0.1, 0.15) is 5.76 Å². The van der Waals surface area contributed by atoms with Crippen molar-refractivity contribution in [3.05, 3.63) is 36.1 Å². The summed E-state index contributed by atoms with van der Waals surface area (Å²) in [6, 6.07) is 0. The van der Waals surface area contributed by atoms with Gasteiger partial charge in [0, 0.05) is 0 Å². The topological polar surface area (TPSA) is 9.23 Å². The number of rotatable bonds is 4. The molecule has 0 spiro atoms. The average molecular weight is 174 g/mol. The lowest BCUT2D eigenvalue weighted by Gasteiger charge is -2.03. The summed E-state index contributed by atoms with van der Waals surface area (Å²) >= 11 is 0. The molecule has 0 atom stereocenters. The van der Waals surface area contributed by atoms with E-state index in [1.54, 1.807) is 19.9 Å². The van der Waals surface area contributed by atoms with E-state index in [4.69, 9.17) is 0 Å². The number of hydrogen-bond donors (Lipinski definition) is 0. The molecule has 0 saturated heterocycles. The third-order valence-corrected chi connectivity index (χ3v) is 1.04. The highest BCUT2D eigenvalue weighted by Crippen LogP contribution is 2.07. The number of allylic oxidation sites excluding steroid dienone is 4. The SMILES string of the molecule is C=C(C)/C=C\C(=C/C)OC(F)F. The van der Waals surface area contributed by atoms with Crippen LogP contribution in [0.5, 0.6) is 0 Å². The van der Waals surface area contributed by atoms with Gasteiger partial charge in [-0.25, -0.2) is 0 Å². The van der Waals surface area contributed by atoms with Crippen LogP contribution in [0.2, 0.25) is 0 Å². The molecule has 0 heterocycles. The maximum atomic E-state index is 11.7. The van der Waals surface area contributed by atoms with Crippen LogP contribution < -0.4 is 0 Å². The molecule has 0 amide bonds. The van der Waals surface area contributed by atoms with Crippen LogP contribution in [0.3, 0.4) is 0 Å². The minimum Gasteiger partial charge on any atom is -0.435 e. The third kappa shape index (κ3) is 5.65. The minimum atomic E-state index is -2.77. The van der Waals surface area contributed by atoms with Gasteiger partial charge in [-0.3, -0.25) is 0 Å². The molecule has 0 radical (unpaired) electrons. The zero-order valence-corrected chi connectivity index (χ0v) is 7.18. The summed E-state index contributed by atoms with van der Waals surface area (Å²) in [5.74, 6) is 0.146. The van der Waals surface area contributed by atoms with Gasteiger partial charge in [0.15, 0.2) is 0 Å². The number of ether oxygens (including phenoxy) is 1. The first kappa shape index (κ1) is 10.9. The average Bonchev–Trinajstić information content (AvgIpc) is 1.97. The summed E-state index contributed by atoms with van der Waals surface area (Å²) in [4.78, 5) is 0. The fourth-order valence-electron chi connectivity index (χ4n) is 0.531. The number of halogens is 2. The van der Waals surface area contributed by atoms with Crippen molar-refractivity contribution in [2.75, 3.05) is 0 Å². The molecule has 1 nitrogen and oxygen atoms in total. The molecule has 68 valence electrons. The van der Waals surface area contributed by atoms with Gasteiger partial charge in [-0.15, -0.1) is 0 Å². The molecule has 0 aromatic heterocycles. The molecule has 0 fully saturated rings. The Labute approximate surface area is 71.0 Å². The zero-order chi connectivity index (χ0) is 9.56. The van der Waals surface area contributed by atoms with Crippen LogP contribution in [0, 0.1) is 0 Å². The molecule has 0 aromatic carbocycles. The summed E-state index contributed by atoms with van der Waals surface area (Å²) in [5.41, 5.74) is 0.784. The molecule has 0 aliphatic rings. The largest absolute Gasteiger partial charge is 0.435 e. The lowest BCUT2D eigenvalue weighted by molar-refractivity contribution is -0.0921. The van der Waals surface area contributed by atoms with Crippen molar-refractivity contribution in [3.63, 3.8) is 0 Å². The molecule has 3 heteroatoms. The van der Waals surface area contributed by atoms with Crippen molar-refractivity contribution < 1.29 is 13.5 Å². The Morgan fingerprint density at radius 1 is 1.42 bits per heavy atom. The molecule has 0 saturated carbocycles. The normalized spacial score (nSPS) is 12.6. The quantitative estimate of drug-likeness (QED) is 0.469. The first-order chi connectivity index (χ1) is 5.56. The van der Waals surface area contributed by atoms with Crippen LogP contribution in [-0.4, -0.2) is 6.61 Å². The van der Waals surface area contributed by atoms with Gasteiger partial charge < -0.3 is 4.74 Å². The summed E-state index contributed by atoms with van der Waals surface area (Å²) in [6.45, 7) is 4.21. The van der Waals surface area contributed by atoms with Crippen molar-refractivity contribution >= 4 is 0 Å². The van der Waals surface area contributed by atoms with Gasteiger partial charge in [0.25, 0.3) is 0 Å². The van der Waals surface area contributed by atoms with E-state index in [2.05, 4.69) is 11.3 Å². The fraction of sp³-hybridized carbons (Fsp3) is 0.333. The standard InChI is InChI=1S/C9H12F2O/c1-4-8(12-9(10)11)6-5-7(2)3/h4-6,9H,2H2,1,3H3/b6-5-,8-4+. The highest BCUT2D eigenvalue weighted by molar-refractivity contribution is 5.20. The van der Waals surface area contributed by atoms with Crippen LogP contribution >= 0.6 is 0 Å². The summed E-state index contributed by atoms with van der Waals surface area (Å²) in [6.07, 6.45) is 4.53. The third-order valence-electron chi connectivity index (χ3n) is 1.04. The van der Waals surface area contributed by atoms with Crippen LogP contribution in [0.1, 0.15) is 13.8 Å². The Kier molecular flexibility index (Phi) is 5.00. The zero-order valence-electron chi connectivity index (χ0n) is 7.18. The highest BCUT2D eigenvalue weighted by atomic mass is 19.3. The maximum Gasteiger partial charge on any atom is 0.387 e. The molecular weight excluding hydrogens is 162 g/mol. The van der Waals surface area contributed by atoms with Gasteiger partial charge in [-0.2, -0.15) is 8.78 Å². The van der Waals surface area contributed by atoms with E-state index in [1.807, 2.05) is 0 Å². The van der Waals surface area contributed by atoms with E-state index in [-0.39, 0.29) is 5.76 Å². The van der Waals surface area contributed by atoms with Crippen molar-refractivity contribution in [2.24, 2.45) is 0 Å². The van der Waals surface area contributed by atoms with Gasteiger partial charge in [0.05, 0.1) is 0 Å². The van der Waals surface area contributed by atoms with Crippen molar-refractivity contribution in [1.29, 1.82) is 0 Å².